The quantitative estimate of drug-likeness (QED) is 0.819. The Bertz CT molecular complexity index is 595. The van der Waals surface area contributed by atoms with Crippen LogP contribution >= 0.6 is 0 Å². The molecule has 0 saturated carbocycles. The van der Waals surface area contributed by atoms with Crippen LogP contribution in [0.3, 0.4) is 0 Å². The number of hydrogen-bond donors (Lipinski definition) is 1. The predicted molar refractivity (Wildman–Crippen MR) is 50.4 cm³/mol. The average Bonchev–Trinajstić information content (AvgIpc) is 2.72. The summed E-state index contributed by atoms with van der Waals surface area (Å²) in [6.45, 7) is 0. The summed E-state index contributed by atoms with van der Waals surface area (Å²) in [4.78, 5) is 14.0. The SMILES string of the molecule is O=C(O)c1cn(-c2cc(F)c(F)cc2F)cn1. The highest BCUT2D eigenvalue weighted by atomic mass is 19.2. The van der Waals surface area contributed by atoms with Crippen molar-refractivity contribution in [2.24, 2.45) is 0 Å². The van der Waals surface area contributed by atoms with E-state index < -0.39 is 23.4 Å². The fourth-order valence-corrected chi connectivity index (χ4v) is 1.27. The number of rotatable bonds is 2. The first kappa shape index (κ1) is 11.2. The molecule has 0 fully saturated rings. The van der Waals surface area contributed by atoms with Crippen LogP contribution in [0.15, 0.2) is 24.7 Å². The molecule has 0 unspecified atom stereocenters. The molecule has 17 heavy (non-hydrogen) atoms. The highest BCUT2D eigenvalue weighted by Crippen LogP contribution is 2.18. The smallest absolute Gasteiger partial charge is 0.356 e. The third-order valence-corrected chi connectivity index (χ3v) is 2.07. The Morgan fingerprint density at radius 2 is 1.82 bits per heavy atom. The van der Waals surface area contributed by atoms with Gasteiger partial charge in [0.15, 0.2) is 17.3 Å². The van der Waals surface area contributed by atoms with E-state index in [1.54, 1.807) is 0 Å². The summed E-state index contributed by atoms with van der Waals surface area (Å²) in [5.41, 5.74) is -0.641. The van der Waals surface area contributed by atoms with Crippen molar-refractivity contribution in [3.8, 4) is 5.69 Å². The van der Waals surface area contributed by atoms with Crippen molar-refractivity contribution >= 4 is 5.97 Å². The van der Waals surface area contributed by atoms with Crippen LogP contribution in [-0.2, 0) is 0 Å². The van der Waals surface area contributed by atoms with Gasteiger partial charge in [-0.25, -0.2) is 22.9 Å². The zero-order chi connectivity index (χ0) is 12.6. The number of nitrogens with zero attached hydrogens (tertiary/aromatic N) is 2. The van der Waals surface area contributed by atoms with Crippen molar-refractivity contribution in [1.82, 2.24) is 9.55 Å². The molecule has 1 heterocycles. The molecule has 1 aromatic heterocycles. The summed E-state index contributed by atoms with van der Waals surface area (Å²) in [6.07, 6.45) is 2.00. The van der Waals surface area contributed by atoms with E-state index in [-0.39, 0.29) is 11.4 Å². The van der Waals surface area contributed by atoms with E-state index in [9.17, 15) is 18.0 Å². The minimum Gasteiger partial charge on any atom is -0.476 e. The van der Waals surface area contributed by atoms with Crippen LogP contribution in [0.2, 0.25) is 0 Å². The second-order valence-electron chi connectivity index (χ2n) is 3.19. The largest absolute Gasteiger partial charge is 0.476 e. The number of aromatic carboxylic acids is 1. The molecule has 0 aliphatic carbocycles. The minimum absolute atomic E-state index is 0.316. The number of hydrogen-bond acceptors (Lipinski definition) is 2. The van der Waals surface area contributed by atoms with Crippen molar-refractivity contribution in [1.29, 1.82) is 0 Å². The molecule has 0 radical (unpaired) electrons. The predicted octanol–water partition coefficient (Wildman–Crippen LogP) is 1.99. The molecular weight excluding hydrogens is 237 g/mol. The molecule has 7 heteroatoms. The van der Waals surface area contributed by atoms with Crippen molar-refractivity contribution in [3.63, 3.8) is 0 Å². The molecule has 4 nitrogen and oxygen atoms in total. The Hall–Kier alpha value is -2.31. The van der Waals surface area contributed by atoms with E-state index in [2.05, 4.69) is 4.98 Å². The average molecular weight is 242 g/mol. The Morgan fingerprint density at radius 1 is 1.18 bits per heavy atom. The van der Waals surface area contributed by atoms with Gasteiger partial charge in [-0.1, -0.05) is 0 Å². The molecule has 0 bridgehead atoms. The summed E-state index contributed by atoms with van der Waals surface area (Å²) >= 11 is 0. The normalized spacial score (nSPS) is 10.5. The van der Waals surface area contributed by atoms with Crippen LogP contribution in [-0.4, -0.2) is 20.6 Å². The molecule has 88 valence electrons. The van der Waals surface area contributed by atoms with Crippen LogP contribution in [0.25, 0.3) is 5.69 Å². The standard InChI is InChI=1S/C10H5F3N2O2/c11-5-1-7(13)9(2-6(5)12)15-3-8(10(16)17)14-4-15/h1-4H,(H,16,17). The zero-order valence-corrected chi connectivity index (χ0v) is 8.19. The molecule has 0 aliphatic rings. The first-order chi connectivity index (χ1) is 7.99. The van der Waals surface area contributed by atoms with Gasteiger partial charge in [0.2, 0.25) is 0 Å². The van der Waals surface area contributed by atoms with Gasteiger partial charge in [-0.15, -0.1) is 0 Å². The van der Waals surface area contributed by atoms with Crippen molar-refractivity contribution < 1.29 is 23.1 Å². The Kier molecular flexibility index (Phi) is 2.58. The van der Waals surface area contributed by atoms with Crippen molar-refractivity contribution in [2.75, 3.05) is 0 Å². The third-order valence-electron chi connectivity index (χ3n) is 2.07. The Labute approximate surface area is 92.9 Å². The summed E-state index contributed by atoms with van der Waals surface area (Å²) in [7, 11) is 0. The first-order valence-electron chi connectivity index (χ1n) is 4.41. The number of benzene rings is 1. The minimum atomic E-state index is -1.31. The maximum absolute atomic E-state index is 13.3. The lowest BCUT2D eigenvalue weighted by Crippen LogP contribution is -1.99. The van der Waals surface area contributed by atoms with E-state index >= 15 is 0 Å². The van der Waals surface area contributed by atoms with Gasteiger partial charge >= 0.3 is 5.97 Å². The van der Waals surface area contributed by atoms with Gasteiger partial charge in [0.05, 0.1) is 5.69 Å². The molecule has 0 amide bonds. The van der Waals surface area contributed by atoms with Gasteiger partial charge in [-0.3, -0.25) is 0 Å². The van der Waals surface area contributed by atoms with E-state index in [1.807, 2.05) is 0 Å². The lowest BCUT2D eigenvalue weighted by Gasteiger charge is -2.04. The molecule has 1 N–H and O–H groups in total. The van der Waals surface area contributed by atoms with Crippen molar-refractivity contribution in [3.05, 3.63) is 47.8 Å². The number of imidazole rings is 1. The first-order valence-corrected chi connectivity index (χ1v) is 4.41. The molecule has 2 rings (SSSR count). The number of carboxylic acid groups (broad SMARTS) is 1. The third kappa shape index (κ3) is 1.99. The Balaban J connectivity index is 2.52. The highest BCUT2D eigenvalue weighted by molar-refractivity contribution is 5.85. The Morgan fingerprint density at radius 3 is 2.41 bits per heavy atom. The molecule has 0 aliphatic heterocycles. The lowest BCUT2D eigenvalue weighted by atomic mass is 10.3. The molecule has 0 spiro atoms. The van der Waals surface area contributed by atoms with Gasteiger partial charge in [0.1, 0.15) is 12.1 Å². The van der Waals surface area contributed by atoms with Gasteiger partial charge in [-0.2, -0.15) is 0 Å². The topological polar surface area (TPSA) is 55.1 Å². The van der Waals surface area contributed by atoms with Gasteiger partial charge in [-0.05, 0) is 0 Å². The molecular formula is C10H5F3N2O2. The lowest BCUT2D eigenvalue weighted by molar-refractivity contribution is 0.0691. The van der Waals surface area contributed by atoms with Gasteiger partial charge < -0.3 is 9.67 Å². The highest BCUT2D eigenvalue weighted by Gasteiger charge is 2.13. The number of carboxylic acids is 1. The van der Waals surface area contributed by atoms with Crippen LogP contribution in [0.4, 0.5) is 13.2 Å². The number of halogens is 3. The van der Waals surface area contributed by atoms with E-state index in [1.165, 1.54) is 0 Å². The van der Waals surface area contributed by atoms with E-state index in [0.717, 1.165) is 17.1 Å². The van der Waals surface area contributed by atoms with Gasteiger partial charge in [0.25, 0.3) is 0 Å². The summed E-state index contributed by atoms with van der Waals surface area (Å²) in [6, 6.07) is 1.00. The maximum atomic E-state index is 13.3. The van der Waals surface area contributed by atoms with E-state index in [4.69, 9.17) is 5.11 Å². The monoisotopic (exact) mass is 242 g/mol. The second-order valence-corrected chi connectivity index (χ2v) is 3.19. The van der Waals surface area contributed by atoms with Crippen molar-refractivity contribution in [2.45, 2.75) is 0 Å². The number of carbonyl (C=O) groups is 1. The fraction of sp³-hybridized carbons (Fsp3) is 0. The summed E-state index contributed by atoms with van der Waals surface area (Å²) < 4.78 is 39.9. The molecule has 0 saturated heterocycles. The fourth-order valence-electron chi connectivity index (χ4n) is 1.27. The van der Waals surface area contributed by atoms with Crippen LogP contribution in [0, 0.1) is 17.5 Å². The zero-order valence-electron chi connectivity index (χ0n) is 8.19. The number of aromatic nitrogens is 2. The molecule has 0 atom stereocenters. The second kappa shape index (κ2) is 3.93. The molecule has 1 aromatic carbocycles. The summed E-state index contributed by atoms with van der Waals surface area (Å²) in [5, 5.41) is 8.61. The van der Waals surface area contributed by atoms with Crippen LogP contribution in [0.5, 0.6) is 0 Å². The maximum Gasteiger partial charge on any atom is 0.356 e. The van der Waals surface area contributed by atoms with Crippen LogP contribution < -0.4 is 0 Å². The van der Waals surface area contributed by atoms with E-state index in [0.29, 0.717) is 12.1 Å². The van der Waals surface area contributed by atoms with Crippen LogP contribution in [0.1, 0.15) is 10.5 Å². The summed E-state index contributed by atoms with van der Waals surface area (Å²) in [5.74, 6) is -4.86. The molecule has 2 aromatic rings. The van der Waals surface area contributed by atoms with Gasteiger partial charge in [0, 0.05) is 18.3 Å².